The van der Waals surface area contributed by atoms with Crippen molar-refractivity contribution in [2.75, 3.05) is 0 Å². The van der Waals surface area contributed by atoms with E-state index in [1.807, 2.05) is 37.6 Å². The van der Waals surface area contributed by atoms with Crippen LogP contribution >= 0.6 is 0 Å². The van der Waals surface area contributed by atoms with E-state index >= 15 is 0 Å². The second-order valence-corrected chi connectivity index (χ2v) is 7.43. The molecular weight excluding hydrogens is 352 g/mol. The van der Waals surface area contributed by atoms with E-state index < -0.39 is 0 Å². The maximum absolute atomic E-state index is 12.7. The highest BCUT2D eigenvalue weighted by Gasteiger charge is 2.16. The predicted molar refractivity (Wildman–Crippen MR) is 109 cm³/mol. The van der Waals surface area contributed by atoms with E-state index in [9.17, 15) is 4.79 Å². The third-order valence-electron chi connectivity index (χ3n) is 5.04. The molecule has 0 fully saturated rings. The lowest BCUT2D eigenvalue weighted by molar-refractivity contribution is 0.469. The Morgan fingerprint density at radius 3 is 2.57 bits per heavy atom. The summed E-state index contributed by atoms with van der Waals surface area (Å²) in [5.74, 6) is 1.61. The van der Waals surface area contributed by atoms with Crippen molar-refractivity contribution in [3.05, 3.63) is 69.2 Å². The molecule has 0 bridgehead atoms. The van der Waals surface area contributed by atoms with Gasteiger partial charge in [0.15, 0.2) is 5.65 Å². The number of aromatic nitrogens is 6. The van der Waals surface area contributed by atoms with Gasteiger partial charge in [-0.1, -0.05) is 23.8 Å². The number of H-pyrrole nitrogens is 1. The van der Waals surface area contributed by atoms with Crippen molar-refractivity contribution in [3.8, 4) is 11.3 Å². The molecule has 4 rings (SSSR count). The molecule has 1 N–H and O–H groups in total. The van der Waals surface area contributed by atoms with Gasteiger partial charge >= 0.3 is 0 Å². The number of rotatable bonds is 4. The third-order valence-corrected chi connectivity index (χ3v) is 5.04. The van der Waals surface area contributed by atoms with Crippen molar-refractivity contribution in [3.63, 3.8) is 0 Å². The highest BCUT2D eigenvalue weighted by Crippen LogP contribution is 2.25. The van der Waals surface area contributed by atoms with E-state index in [0.29, 0.717) is 12.1 Å². The van der Waals surface area contributed by atoms with E-state index in [-0.39, 0.29) is 11.6 Å². The first-order chi connectivity index (χ1) is 13.3. The Hall–Kier alpha value is -3.22. The molecule has 7 nitrogen and oxygen atoms in total. The second-order valence-electron chi connectivity index (χ2n) is 7.43. The molecule has 0 saturated heterocycles. The van der Waals surface area contributed by atoms with Crippen LogP contribution in [0.15, 0.2) is 35.1 Å². The van der Waals surface area contributed by atoms with E-state index in [1.54, 1.807) is 6.07 Å². The lowest BCUT2D eigenvalue weighted by atomic mass is 10.1. The number of nitrogens with zero attached hydrogens (tertiary/aromatic N) is 5. The van der Waals surface area contributed by atoms with Gasteiger partial charge in [-0.15, -0.1) is 0 Å². The number of aromatic amines is 1. The lowest BCUT2D eigenvalue weighted by Crippen LogP contribution is -2.18. The van der Waals surface area contributed by atoms with Gasteiger partial charge in [-0.3, -0.25) is 9.89 Å². The fraction of sp³-hybridized carbons (Fsp3) is 0.333. The minimum Gasteiger partial charge on any atom is -0.289 e. The molecule has 1 unspecified atom stereocenters. The zero-order valence-corrected chi connectivity index (χ0v) is 16.8. The first kappa shape index (κ1) is 18.2. The second kappa shape index (κ2) is 6.74. The van der Waals surface area contributed by atoms with Crippen LogP contribution in [0.5, 0.6) is 0 Å². The predicted octanol–water partition coefficient (Wildman–Crippen LogP) is 3.32. The maximum atomic E-state index is 12.7. The molecule has 7 heteroatoms. The van der Waals surface area contributed by atoms with Gasteiger partial charge in [0.05, 0.1) is 17.4 Å². The van der Waals surface area contributed by atoms with Crippen molar-refractivity contribution in [1.82, 2.24) is 29.4 Å². The van der Waals surface area contributed by atoms with Gasteiger partial charge in [0, 0.05) is 23.6 Å². The average molecular weight is 376 g/mol. The van der Waals surface area contributed by atoms with Crippen LogP contribution in [-0.4, -0.2) is 29.4 Å². The Morgan fingerprint density at radius 1 is 1.11 bits per heavy atom. The molecule has 3 heterocycles. The molecule has 0 aliphatic rings. The Morgan fingerprint density at radius 2 is 1.89 bits per heavy atom. The fourth-order valence-electron chi connectivity index (χ4n) is 3.73. The van der Waals surface area contributed by atoms with Gasteiger partial charge in [-0.2, -0.15) is 5.10 Å². The number of hydrogen-bond acceptors (Lipinski definition) is 4. The van der Waals surface area contributed by atoms with Crippen LogP contribution in [0.1, 0.15) is 41.4 Å². The van der Waals surface area contributed by atoms with Crippen molar-refractivity contribution in [1.29, 1.82) is 0 Å². The Bertz CT molecular complexity index is 1230. The van der Waals surface area contributed by atoms with Gasteiger partial charge in [0.2, 0.25) is 0 Å². The van der Waals surface area contributed by atoms with Gasteiger partial charge in [0.25, 0.3) is 5.56 Å². The van der Waals surface area contributed by atoms with E-state index in [0.717, 1.165) is 34.2 Å². The van der Waals surface area contributed by atoms with Crippen molar-refractivity contribution in [2.45, 2.75) is 47.1 Å². The summed E-state index contributed by atoms with van der Waals surface area (Å²) < 4.78 is 3.41. The van der Waals surface area contributed by atoms with Crippen molar-refractivity contribution < 1.29 is 0 Å². The molecule has 0 aliphatic carbocycles. The highest BCUT2D eigenvalue weighted by molar-refractivity contribution is 5.70. The van der Waals surface area contributed by atoms with Gasteiger partial charge in [0.1, 0.15) is 11.6 Å². The molecule has 1 aromatic carbocycles. The first-order valence-electron chi connectivity index (χ1n) is 9.41. The minimum absolute atomic E-state index is 0.0611. The molecular formula is C21H24N6O. The van der Waals surface area contributed by atoms with Crippen LogP contribution in [0, 0.1) is 27.7 Å². The van der Waals surface area contributed by atoms with Crippen molar-refractivity contribution >= 4 is 5.65 Å². The summed E-state index contributed by atoms with van der Waals surface area (Å²) in [6.07, 6.45) is 0.611. The van der Waals surface area contributed by atoms with Gasteiger partial charge < -0.3 is 0 Å². The van der Waals surface area contributed by atoms with E-state index in [4.69, 9.17) is 4.98 Å². The normalized spacial score (nSPS) is 12.6. The Kier molecular flexibility index (Phi) is 4.37. The maximum Gasteiger partial charge on any atom is 0.272 e. The quantitative estimate of drug-likeness (QED) is 0.592. The number of benzene rings is 1. The summed E-state index contributed by atoms with van der Waals surface area (Å²) in [5, 5.41) is 7.66. The van der Waals surface area contributed by atoms with Crippen LogP contribution in [-0.2, 0) is 6.42 Å². The van der Waals surface area contributed by atoms with Gasteiger partial charge in [-0.05, 0) is 40.7 Å². The fourth-order valence-corrected chi connectivity index (χ4v) is 3.73. The van der Waals surface area contributed by atoms with E-state index in [1.165, 1.54) is 10.1 Å². The molecule has 0 spiro atoms. The van der Waals surface area contributed by atoms with Crippen molar-refractivity contribution in [2.24, 2.45) is 0 Å². The minimum atomic E-state index is -0.110. The first-order valence-corrected chi connectivity index (χ1v) is 9.41. The highest BCUT2D eigenvalue weighted by atomic mass is 16.1. The summed E-state index contributed by atoms with van der Waals surface area (Å²) in [7, 11) is 0. The van der Waals surface area contributed by atoms with Crippen LogP contribution < -0.4 is 5.56 Å². The zero-order chi connectivity index (χ0) is 20.0. The molecule has 1 atom stereocenters. The average Bonchev–Trinajstić information content (AvgIpc) is 3.15. The topological polar surface area (TPSA) is 80.9 Å². The largest absolute Gasteiger partial charge is 0.289 e. The molecule has 0 saturated carbocycles. The van der Waals surface area contributed by atoms with Crippen LogP contribution in [0.4, 0.5) is 0 Å². The summed E-state index contributed by atoms with van der Waals surface area (Å²) in [6, 6.07) is 9.86. The summed E-state index contributed by atoms with van der Waals surface area (Å²) in [4.78, 5) is 21.8. The summed E-state index contributed by atoms with van der Waals surface area (Å²) >= 11 is 0. The Labute approximate surface area is 163 Å². The number of aryl methyl sites for hydroxylation is 4. The molecule has 3 aromatic heterocycles. The Balaban J connectivity index is 1.75. The smallest absolute Gasteiger partial charge is 0.272 e. The van der Waals surface area contributed by atoms with E-state index in [2.05, 4.69) is 41.2 Å². The van der Waals surface area contributed by atoms with Crippen LogP contribution in [0.2, 0.25) is 0 Å². The molecule has 28 heavy (non-hydrogen) atoms. The summed E-state index contributed by atoms with van der Waals surface area (Å²) in [6.45, 7) is 9.93. The number of nitrogens with one attached hydrogen (secondary N) is 1. The number of fused-ring (bicyclic) bond motifs is 1. The lowest BCUT2D eigenvalue weighted by Gasteiger charge is -2.12. The third kappa shape index (κ3) is 3.13. The SMILES string of the molecule is Cc1cccc(-c2[nH]n3c(=O)cc(CC(C)n4nc(C)nc4C)nc3c2C)c1. The zero-order valence-electron chi connectivity index (χ0n) is 16.8. The van der Waals surface area contributed by atoms with Gasteiger partial charge in [-0.25, -0.2) is 19.2 Å². The molecule has 0 radical (unpaired) electrons. The molecule has 0 aliphatic heterocycles. The van der Waals surface area contributed by atoms with Crippen LogP contribution in [0.3, 0.4) is 0 Å². The molecule has 144 valence electrons. The van der Waals surface area contributed by atoms with Crippen LogP contribution in [0.25, 0.3) is 16.9 Å². The summed E-state index contributed by atoms with van der Waals surface area (Å²) in [5.41, 5.74) is 5.41. The molecule has 4 aromatic rings. The standard InChI is InChI=1S/C21H24N6O/c1-12-7-6-8-17(9-12)20-14(3)21-23-18(11-19(28)27(21)25-20)10-13(2)26-16(5)22-15(4)24-26/h6-9,11,13,25H,10H2,1-5H3. The number of hydrogen-bond donors (Lipinski definition) is 1. The molecule has 0 amide bonds. The monoisotopic (exact) mass is 376 g/mol.